The summed E-state index contributed by atoms with van der Waals surface area (Å²) in [6.45, 7) is 0. The Labute approximate surface area is 116 Å². The van der Waals surface area contributed by atoms with Crippen LogP contribution >= 0.6 is 11.6 Å². The lowest BCUT2D eigenvalue weighted by Gasteiger charge is -2.23. The molecule has 1 heterocycles. The molecule has 1 fully saturated rings. The number of nitrogens with zero attached hydrogens (tertiary/aromatic N) is 2. The lowest BCUT2D eigenvalue weighted by molar-refractivity contribution is 0.462. The van der Waals surface area contributed by atoms with Gasteiger partial charge in [0.2, 0.25) is 5.28 Å². The molecule has 0 aliphatic heterocycles. The highest BCUT2D eigenvalue weighted by molar-refractivity contribution is 6.28. The van der Waals surface area contributed by atoms with Crippen molar-refractivity contribution < 1.29 is 4.39 Å². The van der Waals surface area contributed by atoms with Gasteiger partial charge in [0.1, 0.15) is 11.6 Å². The van der Waals surface area contributed by atoms with Crippen molar-refractivity contribution in [3.63, 3.8) is 0 Å². The van der Waals surface area contributed by atoms with Crippen LogP contribution in [0.25, 0.3) is 10.9 Å². The maximum absolute atomic E-state index is 14.0. The number of nitrogens with one attached hydrogen (secondary N) is 1. The third-order valence-corrected chi connectivity index (χ3v) is 3.76. The van der Waals surface area contributed by atoms with E-state index in [0.717, 1.165) is 12.8 Å². The van der Waals surface area contributed by atoms with Crippen LogP contribution in [0.4, 0.5) is 10.2 Å². The fourth-order valence-corrected chi connectivity index (χ4v) is 2.83. The van der Waals surface area contributed by atoms with Crippen LogP contribution in [0.5, 0.6) is 0 Å². The summed E-state index contributed by atoms with van der Waals surface area (Å²) in [6.07, 6.45) is 5.88. The molecule has 100 valence electrons. The molecule has 1 N–H and O–H groups in total. The van der Waals surface area contributed by atoms with Crippen molar-refractivity contribution in [2.45, 2.75) is 38.1 Å². The molecule has 0 radical (unpaired) electrons. The van der Waals surface area contributed by atoms with E-state index in [-0.39, 0.29) is 11.1 Å². The van der Waals surface area contributed by atoms with Gasteiger partial charge >= 0.3 is 0 Å². The van der Waals surface area contributed by atoms with E-state index in [1.807, 2.05) is 0 Å². The predicted molar refractivity (Wildman–Crippen MR) is 75.0 cm³/mol. The van der Waals surface area contributed by atoms with Gasteiger partial charge in [-0.05, 0) is 36.6 Å². The van der Waals surface area contributed by atoms with Gasteiger partial charge in [-0.3, -0.25) is 0 Å². The van der Waals surface area contributed by atoms with Gasteiger partial charge in [0.25, 0.3) is 0 Å². The number of benzene rings is 1. The van der Waals surface area contributed by atoms with Crippen molar-refractivity contribution in [2.24, 2.45) is 0 Å². The van der Waals surface area contributed by atoms with Crippen molar-refractivity contribution in [3.8, 4) is 0 Å². The molecule has 1 saturated carbocycles. The summed E-state index contributed by atoms with van der Waals surface area (Å²) in [7, 11) is 0. The van der Waals surface area contributed by atoms with Crippen LogP contribution in [0.15, 0.2) is 18.2 Å². The quantitative estimate of drug-likeness (QED) is 0.839. The number of rotatable bonds is 2. The van der Waals surface area contributed by atoms with Gasteiger partial charge in [0, 0.05) is 6.04 Å². The lowest BCUT2D eigenvalue weighted by atomic mass is 9.95. The Morgan fingerprint density at radius 1 is 1.16 bits per heavy atom. The van der Waals surface area contributed by atoms with Gasteiger partial charge in [-0.25, -0.2) is 14.4 Å². The molecule has 1 aromatic carbocycles. The molecule has 2 aromatic rings. The minimum atomic E-state index is -0.313. The van der Waals surface area contributed by atoms with Crippen molar-refractivity contribution in [2.75, 3.05) is 5.32 Å². The second-order valence-corrected chi connectivity index (χ2v) is 5.29. The third-order valence-electron chi connectivity index (χ3n) is 3.59. The van der Waals surface area contributed by atoms with Crippen molar-refractivity contribution in [1.29, 1.82) is 0 Å². The molecule has 1 aliphatic rings. The van der Waals surface area contributed by atoms with E-state index in [9.17, 15) is 4.39 Å². The molecule has 0 spiro atoms. The normalized spacial score (nSPS) is 16.7. The zero-order valence-corrected chi connectivity index (χ0v) is 11.3. The number of anilines is 1. The Morgan fingerprint density at radius 2 is 1.95 bits per heavy atom. The van der Waals surface area contributed by atoms with E-state index in [4.69, 9.17) is 11.6 Å². The van der Waals surface area contributed by atoms with Crippen molar-refractivity contribution >= 4 is 28.3 Å². The average Bonchev–Trinajstić information content (AvgIpc) is 2.39. The van der Waals surface area contributed by atoms with E-state index in [0.29, 0.717) is 22.8 Å². The summed E-state index contributed by atoms with van der Waals surface area (Å²) in [4.78, 5) is 8.22. The maximum Gasteiger partial charge on any atom is 0.224 e. The van der Waals surface area contributed by atoms with Gasteiger partial charge < -0.3 is 5.32 Å². The Kier molecular flexibility index (Phi) is 3.51. The second kappa shape index (κ2) is 5.29. The molecule has 1 aromatic heterocycles. The van der Waals surface area contributed by atoms with Crippen LogP contribution in [0.2, 0.25) is 5.28 Å². The first kappa shape index (κ1) is 12.6. The summed E-state index contributed by atoms with van der Waals surface area (Å²) in [6, 6.07) is 5.15. The summed E-state index contributed by atoms with van der Waals surface area (Å²) >= 11 is 5.91. The first-order valence-corrected chi connectivity index (χ1v) is 7.00. The van der Waals surface area contributed by atoms with Crippen molar-refractivity contribution in [3.05, 3.63) is 29.3 Å². The van der Waals surface area contributed by atoms with Gasteiger partial charge in [0.15, 0.2) is 0 Å². The molecule has 0 saturated heterocycles. The van der Waals surface area contributed by atoms with Crippen LogP contribution in [0.3, 0.4) is 0 Å². The van der Waals surface area contributed by atoms with Crippen molar-refractivity contribution in [1.82, 2.24) is 9.97 Å². The number of halogens is 2. The first-order valence-electron chi connectivity index (χ1n) is 6.62. The highest BCUT2D eigenvalue weighted by Crippen LogP contribution is 2.28. The Hall–Kier alpha value is -1.42. The number of hydrogen-bond donors (Lipinski definition) is 1. The maximum atomic E-state index is 14.0. The molecule has 0 atom stereocenters. The summed E-state index contributed by atoms with van der Waals surface area (Å²) in [5.41, 5.74) is 0.540. The van der Waals surface area contributed by atoms with Crippen LogP contribution in [-0.4, -0.2) is 16.0 Å². The van der Waals surface area contributed by atoms with Crippen LogP contribution in [-0.2, 0) is 0 Å². The minimum absolute atomic E-state index is 0.149. The topological polar surface area (TPSA) is 37.8 Å². The van der Waals surface area contributed by atoms with E-state index >= 15 is 0 Å². The van der Waals surface area contributed by atoms with E-state index in [1.165, 1.54) is 25.3 Å². The van der Waals surface area contributed by atoms with E-state index < -0.39 is 0 Å². The van der Waals surface area contributed by atoms with E-state index in [2.05, 4.69) is 15.3 Å². The fraction of sp³-hybridized carbons (Fsp3) is 0.429. The predicted octanol–water partition coefficient (Wildman–Crippen LogP) is 4.17. The number of hydrogen-bond acceptors (Lipinski definition) is 3. The van der Waals surface area contributed by atoms with Gasteiger partial charge in [-0.2, -0.15) is 0 Å². The monoisotopic (exact) mass is 279 g/mol. The molecule has 19 heavy (non-hydrogen) atoms. The smallest absolute Gasteiger partial charge is 0.224 e. The van der Waals surface area contributed by atoms with Gasteiger partial charge in [0.05, 0.1) is 10.9 Å². The lowest BCUT2D eigenvalue weighted by Crippen LogP contribution is -2.23. The highest BCUT2D eigenvalue weighted by atomic mass is 35.5. The SMILES string of the molecule is Fc1cccc2nc(Cl)nc(NC3CCCCC3)c12. The zero-order chi connectivity index (χ0) is 13.2. The standard InChI is InChI=1S/C14H15ClFN3/c15-14-18-11-8-4-7-10(16)12(11)13(19-14)17-9-5-2-1-3-6-9/h4,7-9H,1-3,5-6H2,(H,17,18,19). The van der Waals surface area contributed by atoms with Gasteiger partial charge in [-0.15, -0.1) is 0 Å². The molecule has 0 amide bonds. The second-order valence-electron chi connectivity index (χ2n) is 4.95. The molecule has 0 bridgehead atoms. The van der Waals surface area contributed by atoms with E-state index in [1.54, 1.807) is 12.1 Å². The number of fused-ring (bicyclic) bond motifs is 1. The Bertz CT molecular complexity index is 597. The molecule has 3 nitrogen and oxygen atoms in total. The van der Waals surface area contributed by atoms with Crippen LogP contribution in [0, 0.1) is 5.82 Å². The zero-order valence-electron chi connectivity index (χ0n) is 10.5. The largest absolute Gasteiger partial charge is 0.367 e. The Morgan fingerprint density at radius 3 is 2.74 bits per heavy atom. The highest BCUT2D eigenvalue weighted by Gasteiger charge is 2.17. The fourth-order valence-electron chi connectivity index (χ4n) is 2.66. The van der Waals surface area contributed by atoms with Crippen LogP contribution in [0.1, 0.15) is 32.1 Å². The average molecular weight is 280 g/mol. The number of aromatic nitrogens is 2. The van der Waals surface area contributed by atoms with Gasteiger partial charge in [-0.1, -0.05) is 25.3 Å². The molecular weight excluding hydrogens is 265 g/mol. The summed E-state index contributed by atoms with van der Waals surface area (Å²) in [5, 5.41) is 3.91. The molecular formula is C14H15ClFN3. The summed E-state index contributed by atoms with van der Waals surface area (Å²) in [5.74, 6) is 0.201. The summed E-state index contributed by atoms with van der Waals surface area (Å²) < 4.78 is 14.0. The third kappa shape index (κ3) is 2.63. The first-order chi connectivity index (χ1) is 9.24. The molecule has 0 unspecified atom stereocenters. The van der Waals surface area contributed by atoms with Crippen LogP contribution < -0.4 is 5.32 Å². The Balaban J connectivity index is 2.01. The molecule has 5 heteroatoms. The molecule has 3 rings (SSSR count). The molecule has 1 aliphatic carbocycles. The minimum Gasteiger partial charge on any atom is -0.367 e.